The van der Waals surface area contributed by atoms with Crippen LogP contribution in [0.3, 0.4) is 0 Å². The average Bonchev–Trinajstić information content (AvgIpc) is 2.93. The van der Waals surface area contributed by atoms with Gasteiger partial charge in [0.1, 0.15) is 5.82 Å². The third-order valence-corrected chi connectivity index (χ3v) is 5.72. The van der Waals surface area contributed by atoms with E-state index >= 15 is 0 Å². The zero-order valence-corrected chi connectivity index (χ0v) is 14.7. The van der Waals surface area contributed by atoms with Gasteiger partial charge in [0.05, 0.1) is 11.4 Å². The third-order valence-electron chi connectivity index (χ3n) is 3.85. The number of carbonyl (C=O) groups is 1. The molecule has 1 aromatic carbocycles. The highest BCUT2D eigenvalue weighted by Gasteiger charge is 2.28. The van der Waals surface area contributed by atoms with E-state index in [1.807, 2.05) is 19.1 Å². The first-order valence-electron chi connectivity index (χ1n) is 7.97. The first-order chi connectivity index (χ1) is 11.9. The molecule has 0 saturated carbocycles. The average molecular weight is 357 g/mol. The number of sulfonamides is 1. The number of rotatable bonds is 4. The molecule has 1 aromatic heterocycles. The number of aryl methyl sites for hydroxylation is 1. The van der Waals surface area contributed by atoms with E-state index in [9.17, 15) is 13.2 Å². The van der Waals surface area contributed by atoms with Crippen LogP contribution in [-0.4, -0.2) is 31.6 Å². The molecule has 0 radical (unpaired) electrons. The summed E-state index contributed by atoms with van der Waals surface area (Å²) in [6, 6.07) is 12.5. The molecule has 0 spiro atoms. The second-order valence-corrected chi connectivity index (χ2v) is 7.83. The molecule has 1 aliphatic heterocycles. The maximum absolute atomic E-state index is 11.9. The molecule has 1 fully saturated rings. The standard InChI is InChI=1S/C18H19N3O3S/c1-14-4-2-5-17(19-14)20-18(22)11-8-15-6-9-16(10-7-15)21-12-3-13-25(21,23)24/h2,4-11H,3,12-13H2,1H3,(H,19,20,22)/b11-8+. The predicted octanol–water partition coefficient (Wildman–Crippen LogP) is 2.58. The molecule has 1 saturated heterocycles. The second-order valence-electron chi connectivity index (χ2n) is 5.82. The Hall–Kier alpha value is -2.67. The first-order valence-corrected chi connectivity index (χ1v) is 9.58. The van der Waals surface area contributed by atoms with Crippen molar-refractivity contribution in [3.8, 4) is 0 Å². The Bertz CT molecular complexity index is 905. The molecule has 25 heavy (non-hydrogen) atoms. The van der Waals surface area contributed by atoms with Crippen LogP contribution < -0.4 is 9.62 Å². The van der Waals surface area contributed by atoms with Crippen molar-refractivity contribution in [2.45, 2.75) is 13.3 Å². The SMILES string of the molecule is Cc1cccc(NC(=O)/C=C/c2ccc(N3CCCS3(=O)=O)cc2)n1. The smallest absolute Gasteiger partial charge is 0.249 e. The van der Waals surface area contributed by atoms with Crippen LogP contribution in [0.5, 0.6) is 0 Å². The number of anilines is 2. The molecule has 1 aliphatic rings. The molecule has 3 rings (SSSR count). The van der Waals surface area contributed by atoms with Crippen LogP contribution in [0, 0.1) is 6.92 Å². The summed E-state index contributed by atoms with van der Waals surface area (Å²) in [6.45, 7) is 2.37. The number of aromatic nitrogens is 1. The maximum Gasteiger partial charge on any atom is 0.249 e. The van der Waals surface area contributed by atoms with Crippen LogP contribution in [0.4, 0.5) is 11.5 Å². The molecule has 130 valence electrons. The highest BCUT2D eigenvalue weighted by molar-refractivity contribution is 7.93. The number of carbonyl (C=O) groups excluding carboxylic acids is 1. The van der Waals surface area contributed by atoms with Crippen molar-refractivity contribution < 1.29 is 13.2 Å². The van der Waals surface area contributed by atoms with Crippen molar-refractivity contribution in [2.24, 2.45) is 0 Å². The molecule has 0 unspecified atom stereocenters. The number of amides is 1. The van der Waals surface area contributed by atoms with Gasteiger partial charge in [0, 0.05) is 18.3 Å². The van der Waals surface area contributed by atoms with Crippen LogP contribution in [0.1, 0.15) is 17.7 Å². The number of nitrogens with one attached hydrogen (secondary N) is 1. The molecule has 2 heterocycles. The normalized spacial score (nSPS) is 16.3. The van der Waals surface area contributed by atoms with Crippen molar-refractivity contribution in [1.29, 1.82) is 0 Å². The number of benzene rings is 1. The van der Waals surface area contributed by atoms with Gasteiger partial charge in [0.25, 0.3) is 0 Å². The van der Waals surface area contributed by atoms with Gasteiger partial charge in [-0.3, -0.25) is 9.10 Å². The van der Waals surface area contributed by atoms with Gasteiger partial charge in [-0.2, -0.15) is 0 Å². The summed E-state index contributed by atoms with van der Waals surface area (Å²) in [5.74, 6) is 0.426. The van der Waals surface area contributed by atoms with E-state index in [2.05, 4.69) is 10.3 Å². The van der Waals surface area contributed by atoms with Crippen molar-refractivity contribution >= 4 is 33.5 Å². The Morgan fingerprint density at radius 1 is 1.20 bits per heavy atom. The minimum absolute atomic E-state index is 0.196. The number of hydrogen-bond donors (Lipinski definition) is 1. The van der Waals surface area contributed by atoms with E-state index in [1.54, 1.807) is 36.4 Å². The Kier molecular flexibility index (Phi) is 4.85. The van der Waals surface area contributed by atoms with E-state index in [1.165, 1.54) is 10.4 Å². The van der Waals surface area contributed by atoms with E-state index in [0.29, 0.717) is 24.5 Å². The second kappa shape index (κ2) is 7.06. The summed E-state index contributed by atoms with van der Waals surface area (Å²) < 4.78 is 25.3. The van der Waals surface area contributed by atoms with Crippen LogP contribution in [-0.2, 0) is 14.8 Å². The molecule has 0 aliphatic carbocycles. The Labute approximate surface area is 147 Å². The van der Waals surface area contributed by atoms with Crippen molar-refractivity contribution in [3.05, 3.63) is 59.8 Å². The zero-order valence-electron chi connectivity index (χ0n) is 13.8. The minimum Gasteiger partial charge on any atom is -0.307 e. The highest BCUT2D eigenvalue weighted by Crippen LogP contribution is 2.24. The van der Waals surface area contributed by atoms with Gasteiger partial charge in [0.15, 0.2) is 0 Å². The molecule has 0 atom stereocenters. The molecule has 7 heteroatoms. The van der Waals surface area contributed by atoms with Gasteiger partial charge in [-0.05, 0) is 49.2 Å². The monoisotopic (exact) mass is 357 g/mol. The van der Waals surface area contributed by atoms with E-state index in [0.717, 1.165) is 11.3 Å². The fraction of sp³-hybridized carbons (Fsp3) is 0.222. The number of hydrogen-bond acceptors (Lipinski definition) is 4. The van der Waals surface area contributed by atoms with Crippen LogP contribution in [0.2, 0.25) is 0 Å². The summed E-state index contributed by atoms with van der Waals surface area (Å²) in [6.07, 6.45) is 3.75. The summed E-state index contributed by atoms with van der Waals surface area (Å²) >= 11 is 0. The first kappa shape index (κ1) is 17.2. The lowest BCUT2D eigenvalue weighted by atomic mass is 10.2. The molecular formula is C18H19N3O3S. The topological polar surface area (TPSA) is 79.4 Å². The summed E-state index contributed by atoms with van der Waals surface area (Å²) in [5.41, 5.74) is 2.30. The van der Waals surface area contributed by atoms with E-state index in [-0.39, 0.29) is 11.7 Å². The Morgan fingerprint density at radius 2 is 1.96 bits per heavy atom. The molecule has 1 N–H and O–H groups in total. The quantitative estimate of drug-likeness (QED) is 0.853. The van der Waals surface area contributed by atoms with E-state index < -0.39 is 10.0 Å². The lowest BCUT2D eigenvalue weighted by Crippen LogP contribution is -2.24. The Balaban J connectivity index is 1.65. The van der Waals surface area contributed by atoms with Crippen LogP contribution in [0.15, 0.2) is 48.5 Å². The van der Waals surface area contributed by atoms with Gasteiger partial charge in [-0.15, -0.1) is 0 Å². The van der Waals surface area contributed by atoms with Gasteiger partial charge in [-0.1, -0.05) is 18.2 Å². The van der Waals surface area contributed by atoms with Crippen LogP contribution >= 0.6 is 0 Å². The molecule has 6 nitrogen and oxygen atoms in total. The molecular weight excluding hydrogens is 338 g/mol. The van der Waals surface area contributed by atoms with Crippen molar-refractivity contribution in [1.82, 2.24) is 4.98 Å². The van der Waals surface area contributed by atoms with E-state index in [4.69, 9.17) is 0 Å². The summed E-state index contributed by atoms with van der Waals surface area (Å²) in [4.78, 5) is 16.1. The molecule has 0 bridgehead atoms. The lowest BCUT2D eigenvalue weighted by Gasteiger charge is -2.16. The lowest BCUT2D eigenvalue weighted by molar-refractivity contribution is -0.111. The summed E-state index contributed by atoms with van der Waals surface area (Å²) in [7, 11) is -3.17. The third kappa shape index (κ3) is 4.24. The predicted molar refractivity (Wildman–Crippen MR) is 98.8 cm³/mol. The fourth-order valence-corrected chi connectivity index (χ4v) is 4.20. The fourth-order valence-electron chi connectivity index (χ4n) is 2.63. The van der Waals surface area contributed by atoms with Gasteiger partial charge < -0.3 is 5.32 Å². The highest BCUT2D eigenvalue weighted by atomic mass is 32.2. The van der Waals surface area contributed by atoms with Gasteiger partial charge in [0.2, 0.25) is 15.9 Å². The molecule has 1 amide bonds. The Morgan fingerprint density at radius 3 is 2.60 bits per heavy atom. The van der Waals surface area contributed by atoms with Crippen molar-refractivity contribution in [3.63, 3.8) is 0 Å². The largest absolute Gasteiger partial charge is 0.307 e. The van der Waals surface area contributed by atoms with Gasteiger partial charge >= 0.3 is 0 Å². The van der Waals surface area contributed by atoms with Gasteiger partial charge in [-0.25, -0.2) is 13.4 Å². The zero-order chi connectivity index (χ0) is 17.9. The molecule has 2 aromatic rings. The minimum atomic E-state index is -3.17. The number of pyridine rings is 1. The van der Waals surface area contributed by atoms with Crippen LogP contribution in [0.25, 0.3) is 6.08 Å². The summed E-state index contributed by atoms with van der Waals surface area (Å²) in [5, 5.41) is 2.70. The van der Waals surface area contributed by atoms with Crippen molar-refractivity contribution in [2.75, 3.05) is 21.9 Å². The number of nitrogens with zero attached hydrogens (tertiary/aromatic N) is 2. The maximum atomic E-state index is 11.9.